The number of hydrogen-bond donors (Lipinski definition) is 1. The predicted molar refractivity (Wildman–Crippen MR) is 62.1 cm³/mol. The van der Waals surface area contributed by atoms with Crippen LogP contribution in [0.3, 0.4) is 0 Å². The number of carbonyl (C=O) groups is 1. The third kappa shape index (κ3) is 1.89. The van der Waals surface area contributed by atoms with E-state index in [0.29, 0.717) is 19.3 Å². The van der Waals surface area contributed by atoms with Crippen LogP contribution in [-0.4, -0.2) is 35.8 Å². The minimum Gasteiger partial charge on any atom is -0.376 e. The number of hydrogen-bond acceptors (Lipinski definition) is 4. The molecular formula is C12H17N3O2. The predicted octanol–water partition coefficient (Wildman–Crippen LogP) is 0.693. The van der Waals surface area contributed by atoms with E-state index >= 15 is 0 Å². The number of carbonyl (C=O) groups excluding carboxylic acids is 1. The molecule has 0 atom stereocenters. The van der Waals surface area contributed by atoms with E-state index in [2.05, 4.69) is 10.4 Å². The van der Waals surface area contributed by atoms with E-state index in [9.17, 15) is 4.79 Å². The Morgan fingerprint density at radius 1 is 1.41 bits per heavy atom. The van der Waals surface area contributed by atoms with Crippen LogP contribution < -0.4 is 5.32 Å². The molecule has 0 radical (unpaired) electrons. The van der Waals surface area contributed by atoms with Crippen LogP contribution in [0.5, 0.6) is 0 Å². The van der Waals surface area contributed by atoms with E-state index in [-0.39, 0.29) is 0 Å². The van der Waals surface area contributed by atoms with Crippen LogP contribution in [-0.2, 0) is 17.8 Å². The molecule has 1 aromatic heterocycles. The van der Waals surface area contributed by atoms with Crippen molar-refractivity contribution < 1.29 is 9.53 Å². The van der Waals surface area contributed by atoms with Crippen molar-refractivity contribution >= 4 is 6.29 Å². The Hall–Kier alpha value is -1.20. The monoisotopic (exact) mass is 235 g/mol. The molecule has 0 aromatic carbocycles. The van der Waals surface area contributed by atoms with Gasteiger partial charge in [-0.25, -0.2) is 0 Å². The summed E-state index contributed by atoms with van der Waals surface area (Å²) in [5, 5.41) is 7.95. The van der Waals surface area contributed by atoms with Crippen LogP contribution in [0.25, 0.3) is 0 Å². The van der Waals surface area contributed by atoms with E-state index < -0.39 is 0 Å². The molecule has 5 heteroatoms. The highest BCUT2D eigenvalue weighted by molar-refractivity contribution is 5.75. The molecule has 3 rings (SSSR count). The summed E-state index contributed by atoms with van der Waals surface area (Å²) in [4.78, 5) is 11.3. The van der Waals surface area contributed by atoms with Gasteiger partial charge >= 0.3 is 0 Å². The lowest BCUT2D eigenvalue weighted by Gasteiger charge is -2.23. The van der Waals surface area contributed by atoms with Crippen molar-refractivity contribution in [3.63, 3.8) is 0 Å². The lowest BCUT2D eigenvalue weighted by molar-refractivity contribution is 0.105. The summed E-state index contributed by atoms with van der Waals surface area (Å²) < 4.78 is 7.35. The van der Waals surface area contributed by atoms with Crippen molar-refractivity contribution in [1.29, 1.82) is 0 Å². The summed E-state index contributed by atoms with van der Waals surface area (Å²) in [7, 11) is 0. The van der Waals surface area contributed by atoms with E-state index in [0.717, 1.165) is 55.6 Å². The lowest BCUT2D eigenvalue weighted by Crippen LogP contribution is -2.30. The maximum atomic E-state index is 11.3. The van der Waals surface area contributed by atoms with Gasteiger partial charge in [0, 0.05) is 12.0 Å². The first-order chi connectivity index (χ1) is 8.40. The first kappa shape index (κ1) is 10.9. The first-order valence-corrected chi connectivity index (χ1v) is 6.24. The Morgan fingerprint density at radius 3 is 3.00 bits per heavy atom. The number of nitrogens with one attached hydrogen (secondary N) is 1. The molecular weight excluding hydrogens is 218 g/mol. The number of nitrogens with zero attached hydrogens (tertiary/aromatic N) is 2. The van der Waals surface area contributed by atoms with Crippen LogP contribution in [0.15, 0.2) is 0 Å². The summed E-state index contributed by atoms with van der Waals surface area (Å²) >= 11 is 0. The quantitative estimate of drug-likeness (QED) is 0.766. The smallest absolute Gasteiger partial charge is 0.168 e. The van der Waals surface area contributed by atoms with Crippen LogP contribution in [0, 0.1) is 0 Å². The number of fused-ring (bicyclic) bond motifs is 1. The van der Waals surface area contributed by atoms with Gasteiger partial charge in [-0.1, -0.05) is 0 Å². The van der Waals surface area contributed by atoms with Crippen LogP contribution in [0.4, 0.5) is 0 Å². The maximum Gasteiger partial charge on any atom is 0.168 e. The van der Waals surface area contributed by atoms with Gasteiger partial charge in [-0.15, -0.1) is 0 Å². The van der Waals surface area contributed by atoms with E-state index in [1.165, 1.54) is 0 Å². The van der Waals surface area contributed by atoms with Crippen LogP contribution >= 0.6 is 0 Å². The average Bonchev–Trinajstić information content (AvgIpc) is 2.78. The normalized spacial score (nSPS) is 21.2. The second-order valence-corrected chi connectivity index (χ2v) is 4.66. The van der Waals surface area contributed by atoms with Crippen molar-refractivity contribution in [3.05, 3.63) is 17.0 Å². The highest BCUT2D eigenvalue weighted by Gasteiger charge is 2.25. The molecule has 1 aromatic rings. The standard InChI is InChI=1S/C12H17N3O2/c16-7-12-10-8-17-6-3-11(10)14-15(12)9-1-4-13-5-2-9/h7,9,13H,1-6,8H2. The summed E-state index contributed by atoms with van der Waals surface area (Å²) in [6.45, 7) is 3.26. The van der Waals surface area contributed by atoms with Gasteiger partial charge < -0.3 is 10.1 Å². The first-order valence-electron chi connectivity index (χ1n) is 6.24. The highest BCUT2D eigenvalue weighted by Crippen LogP contribution is 2.25. The third-order valence-corrected chi connectivity index (χ3v) is 3.63. The van der Waals surface area contributed by atoms with Crippen molar-refractivity contribution in [2.24, 2.45) is 0 Å². The zero-order valence-electron chi connectivity index (χ0n) is 9.82. The molecule has 2 aliphatic rings. The second kappa shape index (κ2) is 4.58. The molecule has 1 N–H and O–H groups in total. The maximum absolute atomic E-state index is 11.3. The summed E-state index contributed by atoms with van der Waals surface area (Å²) in [5.41, 5.74) is 2.79. The van der Waals surface area contributed by atoms with Gasteiger partial charge in [0.25, 0.3) is 0 Å². The van der Waals surface area contributed by atoms with Crippen LogP contribution in [0.1, 0.15) is 40.6 Å². The largest absolute Gasteiger partial charge is 0.376 e. The zero-order chi connectivity index (χ0) is 11.7. The number of rotatable bonds is 2. The second-order valence-electron chi connectivity index (χ2n) is 4.66. The topological polar surface area (TPSA) is 56.2 Å². The Bertz CT molecular complexity index is 422. The third-order valence-electron chi connectivity index (χ3n) is 3.63. The number of aromatic nitrogens is 2. The Kier molecular flexibility index (Phi) is 2.94. The van der Waals surface area contributed by atoms with Crippen molar-refractivity contribution in [2.75, 3.05) is 19.7 Å². The Balaban J connectivity index is 1.97. The fourth-order valence-electron chi connectivity index (χ4n) is 2.69. The fraction of sp³-hybridized carbons (Fsp3) is 0.667. The van der Waals surface area contributed by atoms with Gasteiger partial charge in [0.2, 0.25) is 0 Å². The summed E-state index contributed by atoms with van der Waals surface area (Å²) in [5.74, 6) is 0. The van der Waals surface area contributed by atoms with Gasteiger partial charge in [0.05, 0.1) is 24.9 Å². The SMILES string of the molecule is O=Cc1c2c(nn1C1CCNCC1)CCOC2. The molecule has 0 unspecified atom stereocenters. The van der Waals surface area contributed by atoms with Crippen LogP contribution in [0.2, 0.25) is 0 Å². The molecule has 5 nitrogen and oxygen atoms in total. The van der Waals surface area contributed by atoms with Gasteiger partial charge in [0.15, 0.2) is 6.29 Å². The number of aldehydes is 1. The summed E-state index contributed by atoms with van der Waals surface area (Å²) in [6, 6.07) is 0.363. The zero-order valence-corrected chi connectivity index (χ0v) is 9.82. The van der Waals surface area contributed by atoms with Gasteiger partial charge in [-0.3, -0.25) is 9.48 Å². The molecule has 0 amide bonds. The van der Waals surface area contributed by atoms with Gasteiger partial charge in [-0.2, -0.15) is 5.10 Å². The molecule has 3 heterocycles. The molecule has 1 fully saturated rings. The molecule has 0 aliphatic carbocycles. The Labute approximate surface area is 100 Å². The van der Waals surface area contributed by atoms with Crippen molar-refractivity contribution in [3.8, 4) is 0 Å². The fourth-order valence-corrected chi connectivity index (χ4v) is 2.69. The average molecular weight is 235 g/mol. The highest BCUT2D eigenvalue weighted by atomic mass is 16.5. The van der Waals surface area contributed by atoms with Crippen molar-refractivity contribution in [2.45, 2.75) is 31.9 Å². The Morgan fingerprint density at radius 2 is 2.24 bits per heavy atom. The number of ether oxygens (including phenoxy) is 1. The molecule has 1 saturated heterocycles. The minimum absolute atomic E-state index is 0.363. The molecule has 0 spiro atoms. The molecule has 17 heavy (non-hydrogen) atoms. The molecule has 0 saturated carbocycles. The molecule has 92 valence electrons. The summed E-state index contributed by atoms with van der Waals surface area (Å²) in [6.07, 6.45) is 3.85. The van der Waals surface area contributed by atoms with E-state index in [4.69, 9.17) is 4.74 Å². The van der Waals surface area contributed by atoms with Crippen molar-refractivity contribution in [1.82, 2.24) is 15.1 Å². The van der Waals surface area contributed by atoms with E-state index in [1.54, 1.807) is 0 Å². The molecule has 2 aliphatic heterocycles. The van der Waals surface area contributed by atoms with Gasteiger partial charge in [-0.05, 0) is 25.9 Å². The molecule has 0 bridgehead atoms. The van der Waals surface area contributed by atoms with Gasteiger partial charge in [0.1, 0.15) is 5.69 Å². The minimum atomic E-state index is 0.363. The lowest BCUT2D eigenvalue weighted by atomic mass is 10.1. The number of piperidine rings is 1. The van der Waals surface area contributed by atoms with E-state index in [1.807, 2.05) is 4.68 Å².